The fourth-order valence-corrected chi connectivity index (χ4v) is 5.16. The monoisotopic (exact) mass is 394 g/mol. The lowest BCUT2D eigenvalue weighted by molar-refractivity contribution is -0.137. The smallest absolute Gasteiger partial charge is 0.190 e. The van der Waals surface area contributed by atoms with E-state index in [-0.39, 0.29) is 24.4 Å². The molecule has 106 valence electrons. The SMILES string of the molecule is O=C1C2(Br)C=C(Br)C(CC2OCCCCO)[C@@]12CO2. The molecule has 4 rings (SSSR count). The van der Waals surface area contributed by atoms with Crippen molar-refractivity contribution < 1.29 is 19.4 Å². The van der Waals surface area contributed by atoms with Crippen LogP contribution in [-0.4, -0.2) is 46.7 Å². The van der Waals surface area contributed by atoms with Gasteiger partial charge in [0, 0.05) is 19.1 Å². The van der Waals surface area contributed by atoms with E-state index in [0.717, 1.165) is 23.7 Å². The minimum atomic E-state index is -0.768. The molecular formula is C13H16Br2O4. The highest BCUT2D eigenvalue weighted by Crippen LogP contribution is 2.59. The van der Waals surface area contributed by atoms with Crippen LogP contribution in [0.25, 0.3) is 0 Å². The summed E-state index contributed by atoms with van der Waals surface area (Å²) in [5, 5.41) is 8.76. The molecule has 1 spiro atoms. The number of fused-ring (bicyclic) bond motifs is 1. The van der Waals surface area contributed by atoms with Gasteiger partial charge in [0.25, 0.3) is 0 Å². The average molecular weight is 396 g/mol. The summed E-state index contributed by atoms with van der Waals surface area (Å²) in [4.78, 5) is 12.6. The number of aliphatic hydroxyl groups excluding tert-OH is 1. The molecule has 2 fully saturated rings. The summed E-state index contributed by atoms with van der Waals surface area (Å²) in [7, 11) is 0. The first-order valence-corrected chi connectivity index (χ1v) is 8.11. The summed E-state index contributed by atoms with van der Waals surface area (Å²) < 4.78 is 11.6. The molecule has 1 N–H and O–H groups in total. The predicted molar refractivity (Wildman–Crippen MR) is 76.5 cm³/mol. The molecule has 0 aromatic heterocycles. The second kappa shape index (κ2) is 4.91. The zero-order chi connectivity index (χ0) is 13.7. The molecule has 2 bridgehead atoms. The molecule has 1 aliphatic heterocycles. The summed E-state index contributed by atoms with van der Waals surface area (Å²) >= 11 is 7.13. The molecule has 0 aromatic carbocycles. The van der Waals surface area contributed by atoms with E-state index in [2.05, 4.69) is 31.9 Å². The number of alkyl halides is 1. The number of halogens is 2. The number of carbonyl (C=O) groups excluding carboxylic acids is 1. The van der Waals surface area contributed by atoms with Gasteiger partial charge in [-0.25, -0.2) is 0 Å². The second-order valence-corrected chi connectivity index (χ2v) is 7.61. The van der Waals surface area contributed by atoms with Crippen molar-refractivity contribution in [3.8, 4) is 0 Å². The first-order valence-electron chi connectivity index (χ1n) is 6.53. The van der Waals surface area contributed by atoms with Crippen molar-refractivity contribution in [3.05, 3.63) is 10.6 Å². The third-order valence-electron chi connectivity index (χ3n) is 4.22. The Kier molecular flexibility index (Phi) is 3.67. The van der Waals surface area contributed by atoms with Crippen LogP contribution in [-0.2, 0) is 14.3 Å². The number of ketones is 1. The molecule has 1 saturated heterocycles. The van der Waals surface area contributed by atoms with E-state index in [1.165, 1.54) is 0 Å². The largest absolute Gasteiger partial charge is 0.396 e. The number of ether oxygens (including phenoxy) is 2. The third kappa shape index (κ3) is 2.07. The number of unbranched alkanes of at least 4 members (excludes halogenated alkanes) is 1. The molecule has 0 radical (unpaired) electrons. The van der Waals surface area contributed by atoms with Crippen molar-refractivity contribution in [2.45, 2.75) is 35.3 Å². The fourth-order valence-electron chi connectivity index (χ4n) is 3.04. The lowest BCUT2D eigenvalue weighted by Crippen LogP contribution is -2.62. The highest BCUT2D eigenvalue weighted by Gasteiger charge is 2.71. The van der Waals surface area contributed by atoms with Crippen LogP contribution >= 0.6 is 31.9 Å². The Balaban J connectivity index is 1.74. The van der Waals surface area contributed by atoms with Crippen molar-refractivity contribution in [2.75, 3.05) is 19.8 Å². The van der Waals surface area contributed by atoms with E-state index < -0.39 is 9.93 Å². The summed E-state index contributed by atoms with van der Waals surface area (Å²) in [5.74, 6) is 0.175. The maximum Gasteiger partial charge on any atom is 0.190 e. The van der Waals surface area contributed by atoms with Crippen molar-refractivity contribution in [1.82, 2.24) is 0 Å². The molecule has 4 nitrogen and oxygen atoms in total. The van der Waals surface area contributed by atoms with E-state index in [4.69, 9.17) is 14.6 Å². The molecule has 4 atom stereocenters. The van der Waals surface area contributed by atoms with Crippen molar-refractivity contribution in [3.63, 3.8) is 0 Å². The molecule has 4 aliphatic rings. The van der Waals surface area contributed by atoms with Crippen LogP contribution < -0.4 is 0 Å². The molecule has 0 amide bonds. The quantitative estimate of drug-likeness (QED) is 0.439. The van der Waals surface area contributed by atoms with E-state index >= 15 is 0 Å². The lowest BCUT2D eigenvalue weighted by atomic mass is 9.66. The normalized spacial score (nSPS) is 43.7. The lowest BCUT2D eigenvalue weighted by Gasteiger charge is -2.47. The minimum Gasteiger partial charge on any atom is -0.396 e. The van der Waals surface area contributed by atoms with Crippen LogP contribution in [0, 0.1) is 5.92 Å². The Hall–Kier alpha value is 0.250. The molecule has 3 aliphatic carbocycles. The van der Waals surface area contributed by atoms with E-state index in [1.807, 2.05) is 6.08 Å². The number of rotatable bonds is 5. The van der Waals surface area contributed by atoms with Crippen molar-refractivity contribution in [2.24, 2.45) is 5.92 Å². The van der Waals surface area contributed by atoms with Gasteiger partial charge in [-0.2, -0.15) is 0 Å². The minimum absolute atomic E-state index is 0.0854. The maximum atomic E-state index is 12.6. The van der Waals surface area contributed by atoms with Crippen molar-refractivity contribution >= 4 is 37.6 Å². The highest BCUT2D eigenvalue weighted by atomic mass is 79.9. The fraction of sp³-hybridized carbons (Fsp3) is 0.769. The maximum absolute atomic E-state index is 12.6. The van der Waals surface area contributed by atoms with Crippen LogP contribution in [0.5, 0.6) is 0 Å². The van der Waals surface area contributed by atoms with Gasteiger partial charge in [0.1, 0.15) is 4.32 Å². The van der Waals surface area contributed by atoms with Crippen LogP contribution in [0.4, 0.5) is 0 Å². The molecule has 0 aromatic rings. The Labute approximate surface area is 128 Å². The van der Waals surface area contributed by atoms with Gasteiger partial charge < -0.3 is 14.6 Å². The average Bonchev–Trinajstić information content (AvgIpc) is 3.15. The Morgan fingerprint density at radius 1 is 1.53 bits per heavy atom. The zero-order valence-electron chi connectivity index (χ0n) is 10.4. The van der Waals surface area contributed by atoms with E-state index in [1.54, 1.807) is 0 Å². The van der Waals surface area contributed by atoms with Gasteiger partial charge in [0.15, 0.2) is 11.4 Å². The number of carbonyl (C=O) groups is 1. The van der Waals surface area contributed by atoms with Gasteiger partial charge in [-0.15, -0.1) is 0 Å². The summed E-state index contributed by atoms with van der Waals surface area (Å²) in [6, 6.07) is 0. The zero-order valence-corrected chi connectivity index (χ0v) is 13.6. The standard InChI is InChI=1S/C13H16Br2O4/c14-9-6-12(15)10(18-4-2-1-3-16)5-8(9)13(7-19-13)11(12)17/h6,8,10,16H,1-5,7H2/t8?,10?,12?,13-/m0/s1. The topological polar surface area (TPSA) is 59.1 Å². The second-order valence-electron chi connectivity index (χ2n) is 5.38. The van der Waals surface area contributed by atoms with Crippen LogP contribution in [0.3, 0.4) is 0 Å². The van der Waals surface area contributed by atoms with Gasteiger partial charge in [0.05, 0.1) is 12.7 Å². The van der Waals surface area contributed by atoms with Crippen LogP contribution in [0.1, 0.15) is 19.3 Å². The van der Waals surface area contributed by atoms with Gasteiger partial charge in [-0.3, -0.25) is 4.79 Å². The molecule has 1 heterocycles. The van der Waals surface area contributed by atoms with E-state index in [9.17, 15) is 4.79 Å². The number of hydrogen-bond acceptors (Lipinski definition) is 4. The molecule has 3 unspecified atom stereocenters. The molecule has 6 heteroatoms. The first-order chi connectivity index (χ1) is 9.04. The highest BCUT2D eigenvalue weighted by molar-refractivity contribution is 9.12. The number of Topliss-reactive ketones (excluding diaryl/α,β-unsaturated/α-hetero) is 1. The molecule has 19 heavy (non-hydrogen) atoms. The first kappa shape index (κ1) is 14.2. The predicted octanol–water partition coefficient (Wildman–Crippen LogP) is 1.93. The number of hydrogen-bond donors (Lipinski definition) is 1. The van der Waals surface area contributed by atoms with Gasteiger partial charge in [-0.05, 0) is 29.8 Å². The van der Waals surface area contributed by atoms with Crippen molar-refractivity contribution in [1.29, 1.82) is 0 Å². The summed E-state index contributed by atoms with van der Waals surface area (Å²) in [5.41, 5.74) is -0.609. The Morgan fingerprint density at radius 3 is 2.89 bits per heavy atom. The van der Waals surface area contributed by atoms with Gasteiger partial charge >= 0.3 is 0 Å². The Bertz CT molecular complexity index is 432. The molecule has 1 saturated carbocycles. The van der Waals surface area contributed by atoms with Gasteiger partial charge in [-0.1, -0.05) is 31.9 Å². The van der Waals surface area contributed by atoms with Crippen LogP contribution in [0.2, 0.25) is 0 Å². The van der Waals surface area contributed by atoms with E-state index in [0.29, 0.717) is 13.2 Å². The number of aliphatic hydroxyl groups is 1. The molecular weight excluding hydrogens is 380 g/mol. The number of epoxide rings is 1. The third-order valence-corrected chi connectivity index (χ3v) is 6.10. The summed E-state index contributed by atoms with van der Waals surface area (Å²) in [6.45, 7) is 1.26. The Morgan fingerprint density at radius 2 is 2.26 bits per heavy atom. The van der Waals surface area contributed by atoms with Crippen LogP contribution in [0.15, 0.2) is 10.6 Å². The summed E-state index contributed by atoms with van der Waals surface area (Å²) in [6.07, 6.45) is 4.09. The van der Waals surface area contributed by atoms with Gasteiger partial charge in [0.2, 0.25) is 0 Å².